The third kappa shape index (κ3) is 3.31. The number of carbonyl (C=O) groups is 1. The summed E-state index contributed by atoms with van der Waals surface area (Å²) in [6.07, 6.45) is 2.60. The number of rotatable bonds is 5. The molecule has 0 saturated heterocycles. The number of methoxy groups -OCH3 is 1. The van der Waals surface area contributed by atoms with Crippen molar-refractivity contribution in [3.63, 3.8) is 0 Å². The van der Waals surface area contributed by atoms with Crippen LogP contribution < -0.4 is 15.8 Å². The van der Waals surface area contributed by atoms with Crippen molar-refractivity contribution in [1.82, 2.24) is 10.3 Å². The number of nitrogens with one attached hydrogen (secondary N) is 1. The van der Waals surface area contributed by atoms with Gasteiger partial charge >= 0.3 is 0 Å². The summed E-state index contributed by atoms with van der Waals surface area (Å²) in [5.41, 5.74) is 8.66. The quantitative estimate of drug-likeness (QED) is 0.825. The van der Waals surface area contributed by atoms with Gasteiger partial charge < -0.3 is 15.8 Å². The Morgan fingerprint density at radius 3 is 2.86 bits per heavy atom. The summed E-state index contributed by atoms with van der Waals surface area (Å²) < 4.78 is 5.12. The molecule has 0 atom stereocenters. The highest BCUT2D eigenvalue weighted by atomic mass is 16.5. The van der Waals surface area contributed by atoms with E-state index in [4.69, 9.17) is 10.5 Å². The van der Waals surface area contributed by atoms with Crippen LogP contribution in [0.25, 0.3) is 0 Å². The number of nitrogens with zero attached hydrogens (tertiary/aromatic N) is 1. The summed E-state index contributed by atoms with van der Waals surface area (Å²) >= 11 is 0. The van der Waals surface area contributed by atoms with Crippen molar-refractivity contribution in [3.05, 3.63) is 53.3 Å². The van der Waals surface area contributed by atoms with E-state index < -0.39 is 0 Å². The topological polar surface area (TPSA) is 77.2 Å². The monoisotopic (exact) mass is 285 g/mol. The van der Waals surface area contributed by atoms with Crippen LogP contribution in [0.5, 0.6) is 5.75 Å². The number of aryl methyl sites for hydroxylation is 1. The van der Waals surface area contributed by atoms with Gasteiger partial charge in [-0.25, -0.2) is 0 Å². The lowest BCUT2D eigenvalue weighted by Gasteiger charge is -2.11. The minimum absolute atomic E-state index is 0.237. The zero-order valence-electron chi connectivity index (χ0n) is 12.2. The van der Waals surface area contributed by atoms with Crippen LogP contribution in [0.4, 0.5) is 5.69 Å². The molecular weight excluding hydrogens is 266 g/mol. The molecule has 0 aliphatic rings. The molecule has 110 valence electrons. The maximum absolute atomic E-state index is 12.2. The van der Waals surface area contributed by atoms with Crippen molar-refractivity contribution >= 4 is 11.6 Å². The fourth-order valence-corrected chi connectivity index (χ4v) is 2.13. The predicted molar refractivity (Wildman–Crippen MR) is 82.2 cm³/mol. The number of ether oxygens (including phenoxy) is 1. The minimum atomic E-state index is -0.237. The van der Waals surface area contributed by atoms with Gasteiger partial charge in [-0.15, -0.1) is 0 Å². The number of para-hydroxylation sites is 1. The number of carbonyl (C=O) groups excluding carboxylic acids is 1. The molecule has 21 heavy (non-hydrogen) atoms. The average Bonchev–Trinajstić information content (AvgIpc) is 2.53. The summed E-state index contributed by atoms with van der Waals surface area (Å²) in [4.78, 5) is 16.5. The molecule has 2 rings (SSSR count). The van der Waals surface area contributed by atoms with E-state index in [0.29, 0.717) is 23.5 Å². The lowest BCUT2D eigenvalue weighted by atomic mass is 10.1. The smallest absolute Gasteiger partial charge is 0.253 e. The molecular formula is C16H19N3O2. The molecule has 0 bridgehead atoms. The van der Waals surface area contributed by atoms with Crippen molar-refractivity contribution in [2.75, 3.05) is 12.8 Å². The molecule has 0 aliphatic carbocycles. The van der Waals surface area contributed by atoms with Gasteiger partial charge in [-0.05, 0) is 30.2 Å². The molecule has 5 nitrogen and oxygen atoms in total. The summed E-state index contributed by atoms with van der Waals surface area (Å²) in [7, 11) is 1.52. The Kier molecular flexibility index (Phi) is 4.77. The van der Waals surface area contributed by atoms with E-state index in [9.17, 15) is 4.79 Å². The summed E-state index contributed by atoms with van der Waals surface area (Å²) in [5, 5.41) is 2.85. The van der Waals surface area contributed by atoms with Crippen molar-refractivity contribution in [3.8, 4) is 5.75 Å². The third-order valence-electron chi connectivity index (χ3n) is 3.31. The molecule has 0 fully saturated rings. The van der Waals surface area contributed by atoms with E-state index in [1.807, 2.05) is 12.1 Å². The highest BCUT2D eigenvalue weighted by Crippen LogP contribution is 2.24. The maximum Gasteiger partial charge on any atom is 0.253 e. The number of benzene rings is 1. The number of amides is 1. The van der Waals surface area contributed by atoms with Gasteiger partial charge in [0.15, 0.2) is 0 Å². The Bertz CT molecular complexity index is 641. The van der Waals surface area contributed by atoms with Gasteiger partial charge in [0, 0.05) is 6.20 Å². The van der Waals surface area contributed by atoms with E-state index in [-0.39, 0.29) is 5.91 Å². The largest absolute Gasteiger partial charge is 0.495 e. The first-order chi connectivity index (χ1) is 10.2. The number of anilines is 1. The van der Waals surface area contributed by atoms with E-state index in [1.54, 1.807) is 24.4 Å². The van der Waals surface area contributed by atoms with E-state index >= 15 is 0 Å². The second-order valence-corrected chi connectivity index (χ2v) is 4.57. The Morgan fingerprint density at radius 1 is 1.33 bits per heavy atom. The molecule has 1 aromatic heterocycles. The average molecular weight is 285 g/mol. The van der Waals surface area contributed by atoms with E-state index in [1.165, 1.54) is 7.11 Å². The standard InChI is InChI=1S/C16H19N3O2/c1-3-11-6-5-9-18-13(11)10-19-16(20)12-7-4-8-14(21-2)15(12)17/h4-9H,3,10,17H2,1-2H3,(H,19,20). The van der Waals surface area contributed by atoms with Gasteiger partial charge in [0.1, 0.15) is 5.75 Å². The zero-order chi connectivity index (χ0) is 15.2. The first kappa shape index (κ1) is 14.8. The lowest BCUT2D eigenvalue weighted by Crippen LogP contribution is -2.25. The van der Waals surface area contributed by atoms with E-state index in [2.05, 4.69) is 17.2 Å². The molecule has 3 N–H and O–H groups in total. The Labute approximate surface area is 124 Å². The normalized spacial score (nSPS) is 10.2. The fourth-order valence-electron chi connectivity index (χ4n) is 2.13. The van der Waals surface area contributed by atoms with Crippen molar-refractivity contribution in [2.24, 2.45) is 0 Å². The van der Waals surface area contributed by atoms with Crippen molar-refractivity contribution < 1.29 is 9.53 Å². The van der Waals surface area contributed by atoms with Crippen LogP contribution in [-0.2, 0) is 13.0 Å². The van der Waals surface area contributed by atoms with Gasteiger partial charge in [0.25, 0.3) is 5.91 Å². The van der Waals surface area contributed by atoms with Gasteiger partial charge in [-0.1, -0.05) is 19.1 Å². The summed E-state index contributed by atoms with van der Waals surface area (Å²) in [5.74, 6) is 0.258. The van der Waals surface area contributed by atoms with Crippen LogP contribution in [0.3, 0.4) is 0 Å². The second kappa shape index (κ2) is 6.74. The van der Waals surface area contributed by atoms with Gasteiger partial charge in [-0.2, -0.15) is 0 Å². The number of hydrogen-bond acceptors (Lipinski definition) is 4. The van der Waals surface area contributed by atoms with Crippen molar-refractivity contribution in [1.29, 1.82) is 0 Å². The molecule has 5 heteroatoms. The highest BCUT2D eigenvalue weighted by Gasteiger charge is 2.13. The van der Waals surface area contributed by atoms with Crippen LogP contribution in [0.2, 0.25) is 0 Å². The predicted octanol–water partition coefficient (Wildman–Crippen LogP) is 2.16. The van der Waals surface area contributed by atoms with E-state index in [0.717, 1.165) is 17.7 Å². The Morgan fingerprint density at radius 2 is 2.14 bits per heavy atom. The first-order valence-corrected chi connectivity index (χ1v) is 6.80. The number of nitrogens with two attached hydrogens (primary N) is 1. The Hall–Kier alpha value is -2.56. The minimum Gasteiger partial charge on any atom is -0.495 e. The highest BCUT2D eigenvalue weighted by molar-refractivity contribution is 6.00. The van der Waals surface area contributed by atoms with Crippen molar-refractivity contribution in [2.45, 2.75) is 19.9 Å². The third-order valence-corrected chi connectivity index (χ3v) is 3.31. The fraction of sp³-hybridized carbons (Fsp3) is 0.250. The lowest BCUT2D eigenvalue weighted by molar-refractivity contribution is 0.0951. The van der Waals surface area contributed by atoms with Gasteiger partial charge in [-0.3, -0.25) is 9.78 Å². The van der Waals surface area contributed by atoms with Crippen LogP contribution in [0.1, 0.15) is 28.5 Å². The van der Waals surface area contributed by atoms with Crippen LogP contribution >= 0.6 is 0 Å². The number of aromatic nitrogens is 1. The molecule has 0 saturated carbocycles. The molecule has 2 aromatic rings. The zero-order valence-corrected chi connectivity index (χ0v) is 12.2. The number of nitrogen functional groups attached to an aromatic ring is 1. The molecule has 0 spiro atoms. The SMILES string of the molecule is CCc1cccnc1CNC(=O)c1cccc(OC)c1N. The maximum atomic E-state index is 12.2. The van der Waals surface area contributed by atoms with Crippen LogP contribution in [0, 0.1) is 0 Å². The summed E-state index contributed by atoms with van der Waals surface area (Å²) in [6.45, 7) is 2.43. The summed E-state index contributed by atoms with van der Waals surface area (Å²) in [6, 6.07) is 9.04. The molecule has 1 heterocycles. The molecule has 1 aromatic carbocycles. The Balaban J connectivity index is 2.12. The molecule has 1 amide bonds. The molecule has 0 aliphatic heterocycles. The first-order valence-electron chi connectivity index (χ1n) is 6.80. The number of pyridine rings is 1. The van der Waals surface area contributed by atoms with Crippen LogP contribution in [0.15, 0.2) is 36.5 Å². The molecule has 0 unspecified atom stereocenters. The number of hydrogen-bond donors (Lipinski definition) is 2. The molecule has 0 radical (unpaired) electrons. The second-order valence-electron chi connectivity index (χ2n) is 4.57. The van der Waals surface area contributed by atoms with Gasteiger partial charge in [0.05, 0.1) is 30.6 Å². The van der Waals surface area contributed by atoms with Crippen LogP contribution in [-0.4, -0.2) is 18.0 Å². The van der Waals surface area contributed by atoms with Gasteiger partial charge in [0.2, 0.25) is 0 Å².